The number of hydrogen-bond acceptors (Lipinski definition) is 3. The van der Waals surface area contributed by atoms with Gasteiger partial charge in [0.05, 0.1) is 0 Å². The molecule has 0 fully saturated rings. The van der Waals surface area contributed by atoms with E-state index in [1.165, 1.54) is 0 Å². The molecule has 0 saturated heterocycles. The van der Waals surface area contributed by atoms with Crippen LogP contribution < -0.4 is 10.5 Å². The Morgan fingerprint density at radius 2 is 2.00 bits per heavy atom. The highest BCUT2D eigenvalue weighted by Gasteiger charge is 2.11. The largest absolute Gasteiger partial charge is 0.432 e. The molecule has 0 radical (unpaired) electrons. The van der Waals surface area contributed by atoms with Crippen LogP contribution in [0.5, 0.6) is 5.75 Å². The summed E-state index contributed by atoms with van der Waals surface area (Å²) in [5.74, 6) is -1.50. The van der Waals surface area contributed by atoms with E-state index in [2.05, 4.69) is 17.4 Å². The number of nitrogens with two attached hydrogens (primary N) is 1. The molecular weight excluding hydrogens is 203 g/mol. The van der Waals surface area contributed by atoms with E-state index in [9.17, 15) is 13.2 Å². The van der Waals surface area contributed by atoms with Gasteiger partial charge in [-0.05, 0) is 6.07 Å². The van der Waals surface area contributed by atoms with E-state index in [0.717, 1.165) is 12.1 Å². The molecule has 13 heavy (non-hydrogen) atoms. The molecule has 1 aromatic rings. The van der Waals surface area contributed by atoms with Crippen LogP contribution in [-0.2, 0) is 0 Å². The Kier molecular flexibility index (Phi) is 2.92. The lowest BCUT2D eigenvalue weighted by Gasteiger charge is -2.07. The van der Waals surface area contributed by atoms with Gasteiger partial charge < -0.3 is 10.5 Å². The van der Waals surface area contributed by atoms with Crippen LogP contribution in [0.25, 0.3) is 0 Å². The van der Waals surface area contributed by atoms with E-state index >= 15 is 0 Å². The van der Waals surface area contributed by atoms with Gasteiger partial charge >= 0.3 is 6.61 Å². The first-order chi connectivity index (χ1) is 6.00. The van der Waals surface area contributed by atoms with E-state index in [1.54, 1.807) is 0 Å². The highest BCUT2D eigenvalue weighted by Crippen LogP contribution is 2.27. The smallest absolute Gasteiger partial charge is 0.387 e. The number of halogens is 3. The highest BCUT2D eigenvalue weighted by molar-refractivity contribution is 7.80. The minimum Gasteiger partial charge on any atom is -0.432 e. The van der Waals surface area contributed by atoms with E-state index < -0.39 is 18.2 Å². The number of rotatable bonds is 2. The number of anilines is 1. The zero-order valence-corrected chi connectivity index (χ0v) is 7.19. The summed E-state index contributed by atoms with van der Waals surface area (Å²) in [6, 6.07) is 1.87. The molecule has 0 spiro atoms. The fourth-order valence-corrected chi connectivity index (χ4v) is 0.926. The summed E-state index contributed by atoms with van der Waals surface area (Å²) in [5.41, 5.74) is 5.33. The van der Waals surface area contributed by atoms with Crippen LogP contribution >= 0.6 is 12.6 Å². The third kappa shape index (κ3) is 2.45. The van der Waals surface area contributed by atoms with Crippen molar-refractivity contribution >= 4 is 18.3 Å². The number of ether oxygens (including phenoxy) is 1. The molecule has 2 N–H and O–H groups in total. The average molecular weight is 209 g/mol. The van der Waals surface area contributed by atoms with Crippen molar-refractivity contribution in [3.8, 4) is 5.75 Å². The van der Waals surface area contributed by atoms with Crippen molar-refractivity contribution in [1.29, 1.82) is 0 Å². The Labute approximate surface area is 77.9 Å². The second-order valence-electron chi connectivity index (χ2n) is 2.22. The zero-order valence-electron chi connectivity index (χ0n) is 6.30. The van der Waals surface area contributed by atoms with Gasteiger partial charge in [0.25, 0.3) is 0 Å². The molecule has 1 rings (SSSR count). The van der Waals surface area contributed by atoms with Crippen molar-refractivity contribution in [3.05, 3.63) is 17.9 Å². The van der Waals surface area contributed by atoms with E-state index in [4.69, 9.17) is 5.73 Å². The minimum absolute atomic E-state index is 0.0717. The summed E-state index contributed by atoms with van der Waals surface area (Å²) in [7, 11) is 0. The van der Waals surface area contributed by atoms with Crippen LogP contribution in [0.2, 0.25) is 0 Å². The molecule has 72 valence electrons. The molecule has 2 nitrogen and oxygen atoms in total. The molecule has 0 aromatic heterocycles. The molecule has 0 aliphatic rings. The van der Waals surface area contributed by atoms with Crippen LogP contribution in [0.15, 0.2) is 17.0 Å². The molecule has 0 saturated carbocycles. The predicted octanol–water partition coefficient (Wildman–Crippen LogP) is 2.30. The van der Waals surface area contributed by atoms with Gasteiger partial charge in [0.2, 0.25) is 0 Å². The molecule has 0 unspecified atom stereocenters. The molecule has 0 heterocycles. The topological polar surface area (TPSA) is 35.2 Å². The molecule has 0 amide bonds. The van der Waals surface area contributed by atoms with Crippen molar-refractivity contribution in [2.24, 2.45) is 0 Å². The van der Waals surface area contributed by atoms with Crippen molar-refractivity contribution in [1.82, 2.24) is 0 Å². The maximum atomic E-state index is 12.8. The van der Waals surface area contributed by atoms with E-state index in [0.29, 0.717) is 0 Å². The monoisotopic (exact) mass is 209 g/mol. The van der Waals surface area contributed by atoms with Crippen LogP contribution in [0.4, 0.5) is 18.9 Å². The summed E-state index contributed by atoms with van der Waals surface area (Å²) in [4.78, 5) is 0.192. The van der Waals surface area contributed by atoms with Gasteiger partial charge in [0.1, 0.15) is 0 Å². The number of hydrogen-bond donors (Lipinski definition) is 2. The number of benzene rings is 1. The minimum atomic E-state index is -3.06. The van der Waals surface area contributed by atoms with Gasteiger partial charge in [0, 0.05) is 16.6 Å². The number of alkyl halides is 2. The normalized spacial score (nSPS) is 10.5. The Bertz CT molecular complexity index is 319. The predicted molar refractivity (Wildman–Crippen MR) is 44.7 cm³/mol. The van der Waals surface area contributed by atoms with E-state index in [-0.39, 0.29) is 10.6 Å². The molecular formula is C7H6F3NOS. The van der Waals surface area contributed by atoms with Gasteiger partial charge in [-0.25, -0.2) is 4.39 Å². The molecule has 0 atom stereocenters. The van der Waals surface area contributed by atoms with Gasteiger partial charge in [-0.1, -0.05) is 0 Å². The van der Waals surface area contributed by atoms with Crippen molar-refractivity contribution in [3.63, 3.8) is 0 Å². The van der Waals surface area contributed by atoms with Gasteiger partial charge in [-0.3, -0.25) is 0 Å². The van der Waals surface area contributed by atoms with Crippen LogP contribution in [0.3, 0.4) is 0 Å². The van der Waals surface area contributed by atoms with Crippen LogP contribution in [0.1, 0.15) is 0 Å². The van der Waals surface area contributed by atoms with Gasteiger partial charge in [0.15, 0.2) is 11.6 Å². The molecule has 0 aliphatic carbocycles. The second kappa shape index (κ2) is 3.78. The lowest BCUT2D eigenvalue weighted by atomic mass is 10.3. The Balaban J connectivity index is 3.01. The lowest BCUT2D eigenvalue weighted by molar-refractivity contribution is -0.0523. The van der Waals surface area contributed by atoms with Crippen molar-refractivity contribution in [2.75, 3.05) is 5.73 Å². The summed E-state index contributed by atoms with van der Waals surface area (Å²) < 4.78 is 40.1. The maximum absolute atomic E-state index is 12.8. The quantitative estimate of drug-likeness (QED) is 0.579. The molecule has 0 aliphatic heterocycles. The maximum Gasteiger partial charge on any atom is 0.387 e. The van der Waals surface area contributed by atoms with Crippen LogP contribution in [0, 0.1) is 5.82 Å². The van der Waals surface area contributed by atoms with Crippen LogP contribution in [-0.4, -0.2) is 6.61 Å². The summed E-state index contributed by atoms with van der Waals surface area (Å²) in [5, 5.41) is 0. The van der Waals surface area contributed by atoms with Crippen molar-refractivity contribution < 1.29 is 17.9 Å². The van der Waals surface area contributed by atoms with Gasteiger partial charge in [-0.15, -0.1) is 12.6 Å². The standard InChI is InChI=1S/C7H6F3NOS/c8-3-1-4(11)6(13)2-5(3)12-7(9)10/h1-2,7,13H,11H2. The molecule has 6 heteroatoms. The Morgan fingerprint density at radius 1 is 1.38 bits per heavy atom. The molecule has 0 bridgehead atoms. The zero-order chi connectivity index (χ0) is 10.0. The fraction of sp³-hybridized carbons (Fsp3) is 0.143. The Hall–Kier alpha value is -1.04. The third-order valence-corrected chi connectivity index (χ3v) is 1.68. The summed E-state index contributed by atoms with van der Waals surface area (Å²) >= 11 is 3.82. The van der Waals surface area contributed by atoms with Crippen molar-refractivity contribution in [2.45, 2.75) is 11.5 Å². The first-order valence-corrected chi connectivity index (χ1v) is 3.68. The summed E-state index contributed by atoms with van der Waals surface area (Å²) in [6.45, 7) is -3.06. The number of nitrogen functional groups attached to an aromatic ring is 1. The third-order valence-electron chi connectivity index (χ3n) is 1.30. The van der Waals surface area contributed by atoms with Gasteiger partial charge in [-0.2, -0.15) is 8.78 Å². The lowest BCUT2D eigenvalue weighted by Crippen LogP contribution is -2.04. The Morgan fingerprint density at radius 3 is 2.54 bits per heavy atom. The van der Waals surface area contributed by atoms with E-state index in [1.807, 2.05) is 0 Å². The number of thiol groups is 1. The first-order valence-electron chi connectivity index (χ1n) is 3.23. The molecule has 1 aromatic carbocycles. The summed E-state index contributed by atoms with van der Waals surface area (Å²) in [6.07, 6.45) is 0. The first kappa shape index (κ1) is 10.0. The second-order valence-corrected chi connectivity index (χ2v) is 2.70. The fourth-order valence-electron chi connectivity index (χ4n) is 0.744. The SMILES string of the molecule is Nc1cc(F)c(OC(F)F)cc1S. The average Bonchev–Trinajstić information content (AvgIpc) is 1.99. The highest BCUT2D eigenvalue weighted by atomic mass is 32.1.